The van der Waals surface area contributed by atoms with Gasteiger partial charge in [0.2, 0.25) is 0 Å². The summed E-state index contributed by atoms with van der Waals surface area (Å²) in [6, 6.07) is 37.1. The fourth-order valence-electron chi connectivity index (χ4n) is 6.98. The summed E-state index contributed by atoms with van der Waals surface area (Å²) in [6.45, 7) is 0. The molecule has 15 heteroatoms. The molecular weight excluding hydrogens is 848 g/mol. The van der Waals surface area contributed by atoms with Crippen molar-refractivity contribution < 1.29 is 55.3 Å². The third kappa shape index (κ3) is 8.78. The second-order valence-electron chi connectivity index (χ2n) is 13.4. The molecule has 0 unspecified atom stereocenters. The second-order valence-corrected chi connectivity index (χ2v) is 13.4. The third-order valence-corrected chi connectivity index (χ3v) is 9.48. The third-order valence-electron chi connectivity index (χ3n) is 9.48. The Bertz CT molecular complexity index is 2780. The van der Waals surface area contributed by atoms with Crippen molar-refractivity contribution in [3.8, 4) is 33.8 Å². The van der Waals surface area contributed by atoms with Crippen molar-refractivity contribution in [3.05, 3.63) is 156 Å². The molecule has 9 rings (SSSR count). The van der Waals surface area contributed by atoms with Gasteiger partial charge in [-0.1, -0.05) is 109 Å². The minimum atomic E-state index is -4.96. The molecular formula is C46H28F6N6O2Zn. The number of ether oxygens (including phenoxy) is 2. The van der Waals surface area contributed by atoms with Gasteiger partial charge in [0.1, 0.15) is 0 Å². The van der Waals surface area contributed by atoms with E-state index in [1.165, 1.54) is 36.4 Å². The first-order chi connectivity index (χ1) is 29.0. The summed E-state index contributed by atoms with van der Waals surface area (Å²) < 4.78 is 90.2. The van der Waals surface area contributed by atoms with Crippen LogP contribution in [-0.2, 0) is 19.5 Å². The smallest absolute Gasteiger partial charge is 0.656 e. The molecule has 4 aromatic carbocycles. The number of hydrogen-bond donors (Lipinski definition) is 2. The molecule has 298 valence electrons. The standard InChI is InChI=1S/C46H28F6N6O2.Zn/c47-45(48,49)59-39-17-9-7-15-29(39)57-43-35-23-19-31(53-35)41(27-11-3-1-4-12-27)32-20-24-36(54-32)44(58-30-16-8-10-18-40(30)60-46(50,51)52)38-26-22-34(56-38)42(28-13-5-2-6-14-28)33-21-25-37(43)55-33;/h1-26,57-58H;/q-2;+2. The van der Waals surface area contributed by atoms with Crippen LogP contribution in [0, 0.1) is 0 Å². The summed E-state index contributed by atoms with van der Waals surface area (Å²) >= 11 is 0. The maximum absolute atomic E-state index is 13.6. The van der Waals surface area contributed by atoms with E-state index in [0.29, 0.717) is 67.3 Å². The van der Waals surface area contributed by atoms with Gasteiger partial charge in [-0.3, -0.25) is 0 Å². The molecule has 0 radical (unpaired) electrons. The monoisotopic (exact) mass is 874 g/mol. The van der Waals surface area contributed by atoms with Crippen molar-refractivity contribution in [1.29, 1.82) is 0 Å². The number of alkyl halides is 6. The van der Waals surface area contributed by atoms with Gasteiger partial charge in [0, 0.05) is 11.4 Å². The van der Waals surface area contributed by atoms with Crippen molar-refractivity contribution in [2.75, 3.05) is 10.6 Å². The molecule has 5 heterocycles. The van der Waals surface area contributed by atoms with Crippen LogP contribution in [0.1, 0.15) is 22.8 Å². The normalized spacial score (nSPS) is 12.2. The molecule has 0 spiro atoms. The molecule has 0 amide bonds. The number of benzene rings is 4. The van der Waals surface area contributed by atoms with Crippen LogP contribution in [0.15, 0.2) is 133 Å². The zero-order valence-electron chi connectivity index (χ0n) is 31.6. The molecule has 2 N–H and O–H groups in total. The zero-order valence-corrected chi connectivity index (χ0v) is 34.6. The minimum absolute atomic E-state index is 0. The first-order valence-corrected chi connectivity index (χ1v) is 18.4. The molecule has 0 aliphatic carbocycles. The molecule has 0 fully saturated rings. The van der Waals surface area contributed by atoms with Crippen LogP contribution in [0.5, 0.6) is 11.5 Å². The van der Waals surface area contributed by atoms with Gasteiger partial charge in [-0.25, -0.2) is 9.97 Å². The number of para-hydroxylation sites is 4. The average molecular weight is 876 g/mol. The van der Waals surface area contributed by atoms with E-state index in [9.17, 15) is 26.3 Å². The van der Waals surface area contributed by atoms with Crippen molar-refractivity contribution in [3.63, 3.8) is 0 Å². The Labute approximate surface area is 356 Å². The number of fused-ring (bicyclic) bond motifs is 8. The van der Waals surface area contributed by atoms with Crippen LogP contribution in [0.3, 0.4) is 0 Å². The average Bonchev–Trinajstić information content (AvgIpc) is 4.07. The first kappa shape index (κ1) is 40.7. The van der Waals surface area contributed by atoms with Gasteiger partial charge in [-0.05, 0) is 70.8 Å². The van der Waals surface area contributed by atoms with Crippen molar-refractivity contribution in [2.45, 2.75) is 12.7 Å². The number of anilines is 4. The molecule has 8 bridgehead atoms. The van der Waals surface area contributed by atoms with E-state index in [1.54, 1.807) is 60.7 Å². The SMILES string of the molecule is FC(F)(F)Oc1ccccc1Nc1c2nc(c(-c3ccccc3)c3ccc([n-]3)c(Nc3ccccc3OC(F)(F)F)c3nc(c(-c4ccccc4)c4ccc1[n-]4)C=C3)C=C2.[Zn+2]. The summed E-state index contributed by atoms with van der Waals surface area (Å²) in [5.41, 5.74) is 6.66. The Morgan fingerprint density at radius 1 is 0.410 bits per heavy atom. The fraction of sp³-hybridized carbons (Fsp3) is 0.0435. The van der Waals surface area contributed by atoms with Gasteiger partial charge < -0.3 is 30.1 Å². The van der Waals surface area contributed by atoms with Gasteiger partial charge in [0.15, 0.2) is 11.5 Å². The zero-order chi connectivity index (χ0) is 41.4. The maximum Gasteiger partial charge on any atom is 2.00 e. The Morgan fingerprint density at radius 3 is 1.15 bits per heavy atom. The van der Waals surface area contributed by atoms with Crippen LogP contribution in [-0.4, -0.2) is 22.7 Å². The van der Waals surface area contributed by atoms with Crippen LogP contribution in [0.2, 0.25) is 0 Å². The number of halogens is 6. The van der Waals surface area contributed by atoms with E-state index in [-0.39, 0.29) is 30.9 Å². The van der Waals surface area contributed by atoms with Gasteiger partial charge in [0.05, 0.1) is 34.2 Å². The number of rotatable bonds is 8. The van der Waals surface area contributed by atoms with Crippen LogP contribution in [0.4, 0.5) is 49.1 Å². The summed E-state index contributed by atoms with van der Waals surface area (Å²) in [7, 11) is 0. The van der Waals surface area contributed by atoms with E-state index in [2.05, 4.69) is 20.1 Å². The van der Waals surface area contributed by atoms with Crippen molar-refractivity contribution in [2.24, 2.45) is 0 Å². The number of aromatic nitrogens is 4. The number of nitrogens with one attached hydrogen (secondary N) is 2. The topological polar surface area (TPSA) is 96.5 Å². The summed E-state index contributed by atoms with van der Waals surface area (Å²) in [5.74, 6) is -0.905. The molecule has 8 nitrogen and oxygen atoms in total. The minimum Gasteiger partial charge on any atom is -0.656 e. The summed E-state index contributed by atoms with van der Waals surface area (Å²) in [5, 5.41) is 6.29. The van der Waals surface area contributed by atoms with E-state index < -0.39 is 24.2 Å². The fourth-order valence-corrected chi connectivity index (χ4v) is 6.98. The predicted molar refractivity (Wildman–Crippen MR) is 220 cm³/mol. The molecule has 61 heavy (non-hydrogen) atoms. The Morgan fingerprint density at radius 2 is 0.754 bits per heavy atom. The number of hydrogen-bond acceptors (Lipinski definition) is 6. The van der Waals surface area contributed by atoms with Gasteiger partial charge in [-0.15, -0.1) is 48.4 Å². The second kappa shape index (κ2) is 16.5. The quantitative estimate of drug-likeness (QED) is 0.115. The van der Waals surface area contributed by atoms with Crippen molar-refractivity contribution in [1.82, 2.24) is 19.9 Å². The Balaban J connectivity index is 0.00000514. The Kier molecular flexibility index (Phi) is 11.0. The predicted octanol–water partition coefficient (Wildman–Crippen LogP) is 12.5. The van der Waals surface area contributed by atoms with Crippen LogP contribution >= 0.6 is 0 Å². The van der Waals surface area contributed by atoms with Crippen LogP contribution in [0.25, 0.3) is 68.6 Å². The van der Waals surface area contributed by atoms with E-state index in [0.717, 1.165) is 11.1 Å². The molecule has 2 aliphatic rings. The van der Waals surface area contributed by atoms with E-state index in [4.69, 9.17) is 19.9 Å². The Hall–Kier alpha value is -7.12. The maximum atomic E-state index is 13.6. The van der Waals surface area contributed by atoms with E-state index >= 15 is 0 Å². The molecule has 0 atom stereocenters. The first-order valence-electron chi connectivity index (χ1n) is 18.4. The van der Waals surface area contributed by atoms with Gasteiger partial charge >= 0.3 is 32.2 Å². The molecule has 7 aromatic rings. The van der Waals surface area contributed by atoms with E-state index in [1.807, 2.05) is 60.7 Å². The van der Waals surface area contributed by atoms with Crippen LogP contribution < -0.4 is 30.1 Å². The molecule has 2 aliphatic heterocycles. The molecule has 0 saturated carbocycles. The van der Waals surface area contributed by atoms with Gasteiger partial charge in [-0.2, -0.15) is 0 Å². The van der Waals surface area contributed by atoms with Crippen molar-refractivity contribution >= 4 is 69.1 Å². The molecule has 3 aromatic heterocycles. The largest absolute Gasteiger partial charge is 2.00 e. The molecule has 0 saturated heterocycles. The summed E-state index contributed by atoms with van der Waals surface area (Å²) in [4.78, 5) is 20.1. The number of nitrogens with zero attached hydrogens (tertiary/aromatic N) is 4. The van der Waals surface area contributed by atoms with Gasteiger partial charge in [0.25, 0.3) is 0 Å². The summed E-state index contributed by atoms with van der Waals surface area (Å²) in [6.07, 6.45) is -2.91.